The van der Waals surface area contributed by atoms with E-state index in [9.17, 15) is 5.11 Å². The first kappa shape index (κ1) is 8.88. The Bertz CT molecular complexity index is 390. The maximum Gasteiger partial charge on any atom is 0.118 e. The van der Waals surface area contributed by atoms with Crippen molar-refractivity contribution in [2.45, 2.75) is 12.8 Å². The van der Waals surface area contributed by atoms with Crippen LogP contribution in [0.5, 0.6) is 5.75 Å². The van der Waals surface area contributed by atoms with Crippen molar-refractivity contribution in [3.63, 3.8) is 0 Å². The van der Waals surface area contributed by atoms with Crippen LogP contribution in [-0.4, -0.2) is 5.11 Å². The van der Waals surface area contributed by atoms with Crippen molar-refractivity contribution < 1.29 is 9.52 Å². The highest BCUT2D eigenvalue weighted by atomic mass is 16.3. The number of phenols is 1. The van der Waals surface area contributed by atoms with E-state index in [2.05, 4.69) is 0 Å². The van der Waals surface area contributed by atoms with Gasteiger partial charge in [0.05, 0.1) is 12.5 Å². The molecule has 72 valence electrons. The largest absolute Gasteiger partial charge is 0.508 e. The van der Waals surface area contributed by atoms with E-state index in [4.69, 9.17) is 4.42 Å². The maximum absolute atomic E-state index is 9.52. The van der Waals surface area contributed by atoms with Gasteiger partial charge >= 0.3 is 0 Å². The van der Waals surface area contributed by atoms with Crippen LogP contribution in [0, 0.1) is 0 Å². The molecule has 2 aromatic rings. The van der Waals surface area contributed by atoms with Gasteiger partial charge in [-0.1, -0.05) is 18.2 Å². The van der Waals surface area contributed by atoms with Crippen LogP contribution >= 0.6 is 0 Å². The minimum atomic E-state index is 0.371. The molecule has 0 aliphatic rings. The lowest BCUT2D eigenvalue weighted by atomic mass is 10.1. The van der Waals surface area contributed by atoms with Crippen molar-refractivity contribution in [3.05, 3.63) is 54.0 Å². The van der Waals surface area contributed by atoms with Crippen LogP contribution in [0.3, 0.4) is 0 Å². The predicted molar refractivity (Wildman–Crippen MR) is 54.2 cm³/mol. The number of aryl methyl sites for hydroxylation is 2. The van der Waals surface area contributed by atoms with Crippen LogP contribution in [0.2, 0.25) is 0 Å². The standard InChI is InChI=1S/C12H12O2/c13-12-4-2-1-3-11(12)6-5-10-7-8-14-9-10/h1-4,7-9,13H,5-6H2. The van der Waals surface area contributed by atoms with Crippen LogP contribution < -0.4 is 0 Å². The van der Waals surface area contributed by atoms with Gasteiger partial charge in [-0.15, -0.1) is 0 Å². The summed E-state index contributed by atoms with van der Waals surface area (Å²) in [6, 6.07) is 9.36. The van der Waals surface area contributed by atoms with Gasteiger partial charge in [-0.2, -0.15) is 0 Å². The summed E-state index contributed by atoms with van der Waals surface area (Å²) in [6.07, 6.45) is 5.14. The normalized spacial score (nSPS) is 10.3. The molecule has 2 heteroatoms. The maximum atomic E-state index is 9.52. The van der Waals surface area contributed by atoms with Gasteiger partial charge in [0.25, 0.3) is 0 Å². The number of hydrogen-bond donors (Lipinski definition) is 1. The Kier molecular flexibility index (Phi) is 2.54. The van der Waals surface area contributed by atoms with Gasteiger partial charge in [-0.3, -0.25) is 0 Å². The summed E-state index contributed by atoms with van der Waals surface area (Å²) in [5, 5.41) is 9.52. The van der Waals surface area contributed by atoms with Crippen molar-refractivity contribution in [2.24, 2.45) is 0 Å². The molecule has 14 heavy (non-hydrogen) atoms. The van der Waals surface area contributed by atoms with E-state index < -0.39 is 0 Å². The number of para-hydroxylation sites is 1. The molecule has 2 rings (SSSR count). The van der Waals surface area contributed by atoms with Crippen LogP contribution in [0.25, 0.3) is 0 Å². The lowest BCUT2D eigenvalue weighted by Crippen LogP contribution is -1.89. The number of benzene rings is 1. The highest BCUT2D eigenvalue weighted by molar-refractivity contribution is 5.32. The molecule has 1 N–H and O–H groups in total. The van der Waals surface area contributed by atoms with Gasteiger partial charge in [0.1, 0.15) is 5.75 Å². The highest BCUT2D eigenvalue weighted by Crippen LogP contribution is 2.17. The number of furan rings is 1. The van der Waals surface area contributed by atoms with Crippen molar-refractivity contribution in [1.29, 1.82) is 0 Å². The summed E-state index contributed by atoms with van der Waals surface area (Å²) in [6.45, 7) is 0. The summed E-state index contributed by atoms with van der Waals surface area (Å²) in [7, 11) is 0. The Hall–Kier alpha value is -1.70. The smallest absolute Gasteiger partial charge is 0.118 e. The van der Waals surface area contributed by atoms with Crippen LogP contribution in [0.15, 0.2) is 47.3 Å². The quantitative estimate of drug-likeness (QED) is 0.803. The summed E-state index contributed by atoms with van der Waals surface area (Å²) < 4.78 is 4.97. The molecule has 0 spiro atoms. The number of aromatic hydroxyl groups is 1. The zero-order valence-corrected chi connectivity index (χ0v) is 7.81. The van der Waals surface area contributed by atoms with Gasteiger partial charge in [0, 0.05) is 0 Å². The third-order valence-electron chi connectivity index (χ3n) is 2.25. The molecular formula is C12H12O2. The van der Waals surface area contributed by atoms with Crippen LogP contribution in [0.4, 0.5) is 0 Å². The van der Waals surface area contributed by atoms with Crippen LogP contribution in [-0.2, 0) is 12.8 Å². The molecule has 0 amide bonds. The number of hydrogen-bond acceptors (Lipinski definition) is 2. The Labute approximate surface area is 82.8 Å². The third kappa shape index (κ3) is 1.96. The summed E-state index contributed by atoms with van der Waals surface area (Å²) in [5.74, 6) is 0.371. The second-order valence-corrected chi connectivity index (χ2v) is 3.26. The minimum absolute atomic E-state index is 0.371. The van der Waals surface area contributed by atoms with Crippen molar-refractivity contribution >= 4 is 0 Å². The SMILES string of the molecule is Oc1ccccc1CCc1ccoc1. The zero-order valence-electron chi connectivity index (χ0n) is 7.81. The number of rotatable bonds is 3. The Morgan fingerprint density at radius 3 is 2.64 bits per heavy atom. The fourth-order valence-corrected chi connectivity index (χ4v) is 1.44. The topological polar surface area (TPSA) is 33.4 Å². The molecular weight excluding hydrogens is 176 g/mol. The van der Waals surface area contributed by atoms with E-state index in [1.165, 1.54) is 0 Å². The Morgan fingerprint density at radius 2 is 1.93 bits per heavy atom. The monoisotopic (exact) mass is 188 g/mol. The predicted octanol–water partition coefficient (Wildman–Crippen LogP) is 2.77. The second-order valence-electron chi connectivity index (χ2n) is 3.26. The first-order chi connectivity index (χ1) is 6.86. The first-order valence-electron chi connectivity index (χ1n) is 4.64. The molecule has 2 nitrogen and oxygen atoms in total. The molecule has 1 aromatic heterocycles. The molecule has 0 saturated carbocycles. The van der Waals surface area contributed by atoms with Crippen molar-refractivity contribution in [1.82, 2.24) is 0 Å². The van der Waals surface area contributed by atoms with E-state index in [-0.39, 0.29) is 0 Å². The second kappa shape index (κ2) is 4.01. The molecule has 1 heterocycles. The third-order valence-corrected chi connectivity index (χ3v) is 2.25. The van der Waals surface area contributed by atoms with Crippen molar-refractivity contribution in [2.75, 3.05) is 0 Å². The van der Waals surface area contributed by atoms with E-state index in [0.717, 1.165) is 24.0 Å². The molecule has 0 aliphatic heterocycles. The van der Waals surface area contributed by atoms with Gasteiger partial charge in [0.2, 0.25) is 0 Å². The first-order valence-corrected chi connectivity index (χ1v) is 4.64. The zero-order chi connectivity index (χ0) is 9.80. The summed E-state index contributed by atoms with van der Waals surface area (Å²) in [5.41, 5.74) is 2.14. The molecule has 0 aliphatic carbocycles. The average molecular weight is 188 g/mol. The van der Waals surface area contributed by atoms with E-state index in [1.54, 1.807) is 18.6 Å². The van der Waals surface area contributed by atoms with E-state index >= 15 is 0 Å². The van der Waals surface area contributed by atoms with Gasteiger partial charge in [-0.25, -0.2) is 0 Å². The molecule has 0 fully saturated rings. The van der Waals surface area contributed by atoms with Gasteiger partial charge in [-0.05, 0) is 36.1 Å². The van der Waals surface area contributed by atoms with Gasteiger partial charge in [0.15, 0.2) is 0 Å². The Balaban J connectivity index is 2.02. The molecule has 0 saturated heterocycles. The molecule has 1 aromatic carbocycles. The van der Waals surface area contributed by atoms with E-state index in [1.807, 2.05) is 24.3 Å². The summed E-state index contributed by atoms with van der Waals surface area (Å²) in [4.78, 5) is 0. The fraction of sp³-hybridized carbons (Fsp3) is 0.167. The molecule has 0 atom stereocenters. The highest BCUT2D eigenvalue weighted by Gasteiger charge is 2.00. The van der Waals surface area contributed by atoms with Gasteiger partial charge < -0.3 is 9.52 Å². The van der Waals surface area contributed by atoms with E-state index in [0.29, 0.717) is 5.75 Å². The molecule has 0 radical (unpaired) electrons. The average Bonchev–Trinajstić information content (AvgIpc) is 2.69. The lowest BCUT2D eigenvalue weighted by molar-refractivity contribution is 0.468. The molecule has 0 unspecified atom stereocenters. The van der Waals surface area contributed by atoms with Crippen molar-refractivity contribution in [3.8, 4) is 5.75 Å². The fourth-order valence-electron chi connectivity index (χ4n) is 1.44. The molecule has 0 bridgehead atoms. The summed E-state index contributed by atoms with van der Waals surface area (Å²) >= 11 is 0. The number of phenolic OH excluding ortho intramolecular Hbond substituents is 1. The Morgan fingerprint density at radius 1 is 1.07 bits per heavy atom. The van der Waals surface area contributed by atoms with Crippen LogP contribution in [0.1, 0.15) is 11.1 Å². The lowest BCUT2D eigenvalue weighted by Gasteiger charge is -2.01. The minimum Gasteiger partial charge on any atom is -0.508 e.